The molecule has 1 N–H and O–H groups in total. The van der Waals surface area contributed by atoms with E-state index in [1.165, 1.54) is 4.90 Å². The fourth-order valence-electron chi connectivity index (χ4n) is 2.22. The van der Waals surface area contributed by atoms with Gasteiger partial charge in [-0.1, -0.05) is 24.3 Å². The minimum atomic E-state index is -0.745. The highest BCUT2D eigenvalue weighted by Crippen LogP contribution is 2.21. The molecule has 112 valence electrons. The molecule has 4 nitrogen and oxygen atoms in total. The number of benzene rings is 1. The molecule has 0 aliphatic rings. The highest BCUT2D eigenvalue weighted by Gasteiger charge is 2.16. The summed E-state index contributed by atoms with van der Waals surface area (Å²) in [4.78, 5) is 9.59. The Labute approximate surface area is 133 Å². The second-order valence-corrected chi connectivity index (χ2v) is 6.00. The van der Waals surface area contributed by atoms with Crippen LogP contribution in [0.25, 0.3) is 0 Å². The van der Waals surface area contributed by atoms with Gasteiger partial charge in [0, 0.05) is 47.5 Å². The van der Waals surface area contributed by atoms with Gasteiger partial charge in [0.25, 0.3) is 0 Å². The maximum Gasteiger partial charge on any atom is 0.142 e. The molecule has 0 bridgehead atoms. The monoisotopic (exact) mass is 311 g/mol. The maximum absolute atomic E-state index is 10.4. The fourth-order valence-corrected chi connectivity index (χ4v) is 3.10. The largest absolute Gasteiger partial charge is 0.380 e. The first kappa shape index (κ1) is 14.8. The van der Waals surface area contributed by atoms with Crippen molar-refractivity contribution in [2.75, 3.05) is 5.75 Å². The lowest BCUT2D eigenvalue weighted by Crippen LogP contribution is -2.11. The Bertz CT molecular complexity index is 700. The van der Waals surface area contributed by atoms with Gasteiger partial charge in [0.15, 0.2) is 0 Å². The van der Waals surface area contributed by atoms with Gasteiger partial charge in [-0.15, -0.1) is 11.8 Å². The Hall–Kier alpha value is -2.11. The average Bonchev–Trinajstić information content (AvgIpc) is 3.04. The lowest BCUT2D eigenvalue weighted by atomic mass is 10.1. The Morgan fingerprint density at radius 3 is 2.73 bits per heavy atom. The third-order valence-electron chi connectivity index (χ3n) is 3.34. The molecule has 0 saturated carbocycles. The predicted octanol–water partition coefficient (Wildman–Crippen LogP) is 3.15. The average molecular weight is 311 g/mol. The van der Waals surface area contributed by atoms with Crippen molar-refractivity contribution < 1.29 is 5.11 Å². The van der Waals surface area contributed by atoms with E-state index in [1.807, 2.05) is 41.1 Å². The number of aryl methyl sites for hydroxylation is 1. The first-order chi connectivity index (χ1) is 10.8. The van der Waals surface area contributed by atoms with Crippen LogP contribution >= 0.6 is 11.8 Å². The minimum Gasteiger partial charge on any atom is -0.380 e. The van der Waals surface area contributed by atoms with Crippen LogP contribution in [0, 0.1) is 0 Å². The van der Waals surface area contributed by atoms with E-state index in [2.05, 4.69) is 22.1 Å². The van der Waals surface area contributed by atoms with E-state index in [-0.39, 0.29) is 0 Å². The van der Waals surface area contributed by atoms with Crippen molar-refractivity contribution in [3.05, 3.63) is 78.6 Å². The normalized spacial score (nSPS) is 12.2. The van der Waals surface area contributed by atoms with Crippen LogP contribution in [0.5, 0.6) is 0 Å². The van der Waals surface area contributed by atoms with E-state index in [4.69, 9.17) is 0 Å². The van der Waals surface area contributed by atoms with Crippen LogP contribution in [0.3, 0.4) is 0 Å². The zero-order valence-electron chi connectivity index (χ0n) is 12.0. The third-order valence-corrected chi connectivity index (χ3v) is 4.33. The van der Waals surface area contributed by atoms with Crippen molar-refractivity contribution in [2.45, 2.75) is 17.5 Å². The van der Waals surface area contributed by atoms with Gasteiger partial charge >= 0.3 is 0 Å². The molecular weight excluding hydrogens is 294 g/mol. The Morgan fingerprint density at radius 2 is 1.95 bits per heavy atom. The second kappa shape index (κ2) is 7.24. The van der Waals surface area contributed by atoms with Gasteiger partial charge in [-0.25, -0.2) is 4.98 Å². The van der Waals surface area contributed by atoms with Crippen molar-refractivity contribution in [3.8, 4) is 0 Å². The highest BCUT2D eigenvalue weighted by atomic mass is 32.2. The van der Waals surface area contributed by atoms with Crippen molar-refractivity contribution >= 4 is 11.8 Å². The molecule has 1 aromatic carbocycles. The number of aromatic nitrogens is 3. The molecule has 1 unspecified atom stereocenters. The summed E-state index contributed by atoms with van der Waals surface area (Å²) in [6.45, 7) is 0.798. The summed E-state index contributed by atoms with van der Waals surface area (Å²) in [5, 5.41) is 10.4. The molecular formula is C17H17N3OS. The predicted molar refractivity (Wildman–Crippen MR) is 87.7 cm³/mol. The van der Waals surface area contributed by atoms with E-state index in [0.717, 1.165) is 17.9 Å². The zero-order valence-corrected chi connectivity index (χ0v) is 12.9. The van der Waals surface area contributed by atoms with Crippen LogP contribution in [0.2, 0.25) is 0 Å². The number of nitrogens with zero attached hydrogens (tertiary/aromatic N) is 3. The maximum atomic E-state index is 10.4. The molecule has 0 aliphatic carbocycles. The summed E-state index contributed by atoms with van der Waals surface area (Å²) in [7, 11) is 0. The number of rotatable bonds is 6. The molecule has 0 radical (unpaired) electrons. The highest BCUT2D eigenvalue weighted by molar-refractivity contribution is 7.99. The van der Waals surface area contributed by atoms with E-state index in [0.29, 0.717) is 5.82 Å². The van der Waals surface area contributed by atoms with Crippen LogP contribution in [-0.4, -0.2) is 25.4 Å². The van der Waals surface area contributed by atoms with E-state index in [9.17, 15) is 5.11 Å². The van der Waals surface area contributed by atoms with Crippen molar-refractivity contribution in [1.82, 2.24) is 14.5 Å². The molecule has 3 aromatic rings. The molecule has 0 aliphatic heterocycles. The van der Waals surface area contributed by atoms with Crippen LogP contribution < -0.4 is 0 Å². The number of aliphatic hydroxyl groups is 1. The molecule has 2 heterocycles. The summed E-state index contributed by atoms with van der Waals surface area (Å²) in [6.07, 6.45) is 6.25. The lowest BCUT2D eigenvalue weighted by Gasteiger charge is -2.13. The number of aliphatic hydroxyl groups excluding tert-OH is 1. The Morgan fingerprint density at radius 1 is 1.09 bits per heavy atom. The Kier molecular flexibility index (Phi) is 4.88. The molecule has 3 rings (SSSR count). The molecule has 5 heteroatoms. The van der Waals surface area contributed by atoms with E-state index in [1.54, 1.807) is 30.4 Å². The number of imidazole rings is 1. The summed E-state index contributed by atoms with van der Waals surface area (Å²) in [6, 6.07) is 14.0. The summed E-state index contributed by atoms with van der Waals surface area (Å²) >= 11 is 1.79. The zero-order chi connectivity index (χ0) is 15.2. The number of thioether (sulfide) groups is 1. The van der Waals surface area contributed by atoms with Crippen LogP contribution in [0.4, 0.5) is 0 Å². The second-order valence-electron chi connectivity index (χ2n) is 4.83. The standard InChI is InChI=1S/C17H17N3OS/c21-16(14-5-4-8-18-13-14)17-19-9-10-20(17)11-12-22-15-6-2-1-3-7-15/h1-10,13,16,21H,11-12H2. The van der Waals surface area contributed by atoms with Gasteiger partial charge in [0.05, 0.1) is 0 Å². The van der Waals surface area contributed by atoms with Gasteiger partial charge < -0.3 is 9.67 Å². The van der Waals surface area contributed by atoms with Gasteiger partial charge in [-0.3, -0.25) is 4.98 Å². The number of hydrogen-bond donors (Lipinski definition) is 1. The van der Waals surface area contributed by atoms with Crippen molar-refractivity contribution in [1.29, 1.82) is 0 Å². The van der Waals surface area contributed by atoms with E-state index < -0.39 is 6.10 Å². The summed E-state index contributed by atoms with van der Waals surface area (Å²) in [5.41, 5.74) is 0.755. The minimum absolute atomic E-state index is 0.654. The van der Waals surface area contributed by atoms with Crippen molar-refractivity contribution in [2.24, 2.45) is 0 Å². The summed E-state index contributed by atoms with van der Waals surface area (Å²) in [5.74, 6) is 1.58. The topological polar surface area (TPSA) is 50.9 Å². The van der Waals surface area contributed by atoms with Gasteiger partial charge in [-0.2, -0.15) is 0 Å². The first-order valence-corrected chi connectivity index (χ1v) is 8.10. The molecule has 22 heavy (non-hydrogen) atoms. The van der Waals surface area contributed by atoms with E-state index >= 15 is 0 Å². The number of pyridine rings is 1. The smallest absolute Gasteiger partial charge is 0.142 e. The first-order valence-electron chi connectivity index (χ1n) is 7.11. The van der Waals surface area contributed by atoms with Gasteiger partial charge in [0.1, 0.15) is 11.9 Å². The SMILES string of the molecule is OC(c1cccnc1)c1nccn1CCSc1ccccc1. The van der Waals surface area contributed by atoms with Gasteiger partial charge in [0.2, 0.25) is 0 Å². The summed E-state index contributed by atoms with van der Waals surface area (Å²) < 4.78 is 1.99. The molecule has 0 fully saturated rings. The molecule has 0 spiro atoms. The molecule has 2 aromatic heterocycles. The lowest BCUT2D eigenvalue weighted by molar-refractivity contribution is 0.204. The molecule has 0 amide bonds. The van der Waals surface area contributed by atoms with Gasteiger partial charge in [-0.05, 0) is 18.2 Å². The molecule has 1 atom stereocenters. The fraction of sp³-hybridized carbons (Fsp3) is 0.176. The number of hydrogen-bond acceptors (Lipinski definition) is 4. The van der Waals surface area contributed by atoms with Crippen LogP contribution in [-0.2, 0) is 6.54 Å². The van der Waals surface area contributed by atoms with Crippen LogP contribution in [0.15, 0.2) is 72.1 Å². The molecule has 0 saturated heterocycles. The third kappa shape index (κ3) is 3.55. The van der Waals surface area contributed by atoms with Crippen LogP contribution in [0.1, 0.15) is 17.5 Å². The van der Waals surface area contributed by atoms with Crippen molar-refractivity contribution in [3.63, 3.8) is 0 Å². The Balaban J connectivity index is 1.65. The quantitative estimate of drug-likeness (QED) is 0.711.